The summed E-state index contributed by atoms with van der Waals surface area (Å²) in [5.41, 5.74) is 3.03. The molecule has 0 bridgehead atoms. The van der Waals surface area contributed by atoms with E-state index in [0.29, 0.717) is 19.3 Å². The number of rotatable bonds is 2. The minimum absolute atomic E-state index is 0.0569. The van der Waals surface area contributed by atoms with Crippen molar-refractivity contribution in [2.24, 2.45) is 0 Å². The highest BCUT2D eigenvalue weighted by Crippen LogP contribution is 2.27. The Kier molecular flexibility index (Phi) is 3.70. The zero-order chi connectivity index (χ0) is 16.0. The number of nitrogens with zero attached hydrogens (tertiary/aromatic N) is 3. The molecule has 3 heterocycles. The van der Waals surface area contributed by atoms with Crippen molar-refractivity contribution in [3.05, 3.63) is 39.9 Å². The van der Waals surface area contributed by atoms with Gasteiger partial charge in [-0.3, -0.25) is 14.3 Å². The fourth-order valence-corrected chi connectivity index (χ4v) is 4.06. The van der Waals surface area contributed by atoms with Gasteiger partial charge >= 0.3 is 0 Å². The molecule has 2 aliphatic rings. The average molecular weight is 313 g/mol. The van der Waals surface area contributed by atoms with E-state index in [1.54, 1.807) is 10.9 Å². The number of fused-ring (bicyclic) bond motifs is 1. The SMILES string of the molecule is Cc1cc(C)c2ncn([C@H]3COC[C@@H]3N3CCCC3)c(=O)c2c1. The zero-order valence-electron chi connectivity index (χ0n) is 13.8. The van der Waals surface area contributed by atoms with Gasteiger partial charge in [-0.1, -0.05) is 6.07 Å². The van der Waals surface area contributed by atoms with Crippen LogP contribution in [0.3, 0.4) is 0 Å². The lowest BCUT2D eigenvalue weighted by atomic mass is 10.1. The predicted octanol–water partition coefficient (Wildman–Crippen LogP) is 2.05. The summed E-state index contributed by atoms with van der Waals surface area (Å²) in [6.45, 7) is 7.56. The molecule has 1 aromatic carbocycles. The molecule has 2 saturated heterocycles. The van der Waals surface area contributed by atoms with Crippen molar-refractivity contribution < 1.29 is 4.74 Å². The normalized spacial score (nSPS) is 25.5. The van der Waals surface area contributed by atoms with Gasteiger partial charge in [0.1, 0.15) is 0 Å². The Bertz CT molecular complexity index is 793. The van der Waals surface area contributed by atoms with Gasteiger partial charge in [0, 0.05) is 0 Å². The van der Waals surface area contributed by atoms with Gasteiger partial charge in [-0.25, -0.2) is 4.98 Å². The van der Waals surface area contributed by atoms with Crippen molar-refractivity contribution in [3.63, 3.8) is 0 Å². The quantitative estimate of drug-likeness (QED) is 0.851. The Balaban J connectivity index is 1.79. The van der Waals surface area contributed by atoms with E-state index in [1.165, 1.54) is 12.8 Å². The number of hydrogen-bond donors (Lipinski definition) is 0. The van der Waals surface area contributed by atoms with Gasteiger partial charge in [-0.2, -0.15) is 0 Å². The minimum atomic E-state index is 0.0569. The first kappa shape index (κ1) is 14.8. The summed E-state index contributed by atoms with van der Waals surface area (Å²) in [5.74, 6) is 0. The fraction of sp³-hybridized carbons (Fsp3) is 0.556. The van der Waals surface area contributed by atoms with E-state index in [4.69, 9.17) is 4.74 Å². The first-order valence-electron chi connectivity index (χ1n) is 8.45. The van der Waals surface area contributed by atoms with Crippen molar-refractivity contribution in [2.75, 3.05) is 26.3 Å². The topological polar surface area (TPSA) is 47.4 Å². The van der Waals surface area contributed by atoms with Crippen LogP contribution in [0, 0.1) is 13.8 Å². The van der Waals surface area contributed by atoms with Gasteiger partial charge in [0.15, 0.2) is 0 Å². The summed E-state index contributed by atoms with van der Waals surface area (Å²) in [5, 5.41) is 0.720. The monoisotopic (exact) mass is 313 g/mol. The fourth-order valence-electron chi connectivity index (χ4n) is 4.06. The molecule has 4 rings (SSSR count). The highest BCUT2D eigenvalue weighted by molar-refractivity contribution is 5.81. The van der Waals surface area contributed by atoms with Gasteiger partial charge in [-0.05, 0) is 57.0 Å². The molecule has 5 heteroatoms. The van der Waals surface area contributed by atoms with E-state index < -0.39 is 0 Å². The van der Waals surface area contributed by atoms with E-state index in [9.17, 15) is 4.79 Å². The lowest BCUT2D eigenvalue weighted by Crippen LogP contribution is -2.42. The van der Waals surface area contributed by atoms with Crippen molar-refractivity contribution in [1.29, 1.82) is 0 Å². The molecule has 1 aromatic heterocycles. The Morgan fingerprint density at radius 1 is 1.13 bits per heavy atom. The van der Waals surface area contributed by atoms with E-state index >= 15 is 0 Å². The standard InChI is InChI=1S/C18H23N3O2/c1-12-7-13(2)17-14(8-12)18(22)21(11-19-17)16-10-23-9-15(16)20-5-3-4-6-20/h7-8,11,15-16H,3-6,9-10H2,1-2H3/t15-,16-/m0/s1. The van der Waals surface area contributed by atoms with E-state index in [0.717, 1.165) is 35.1 Å². The van der Waals surface area contributed by atoms with Crippen LogP contribution in [0.2, 0.25) is 0 Å². The highest BCUT2D eigenvalue weighted by Gasteiger charge is 2.36. The molecule has 0 amide bonds. The van der Waals surface area contributed by atoms with Crippen molar-refractivity contribution >= 4 is 10.9 Å². The molecular formula is C18H23N3O2. The summed E-state index contributed by atoms with van der Waals surface area (Å²) in [6.07, 6.45) is 4.20. The van der Waals surface area contributed by atoms with Crippen LogP contribution in [-0.2, 0) is 4.74 Å². The van der Waals surface area contributed by atoms with Crippen LogP contribution in [0.4, 0.5) is 0 Å². The second kappa shape index (κ2) is 5.73. The molecule has 5 nitrogen and oxygen atoms in total. The summed E-state index contributed by atoms with van der Waals surface area (Å²) in [4.78, 5) is 20.1. The molecule has 122 valence electrons. The second-order valence-corrected chi connectivity index (χ2v) is 6.85. The molecule has 2 fully saturated rings. The van der Waals surface area contributed by atoms with Crippen LogP contribution in [0.25, 0.3) is 10.9 Å². The van der Waals surface area contributed by atoms with Crippen LogP contribution in [0.1, 0.15) is 30.0 Å². The summed E-state index contributed by atoms with van der Waals surface area (Å²) < 4.78 is 7.52. The molecule has 0 aliphatic carbocycles. The van der Waals surface area contributed by atoms with Gasteiger partial charge in [-0.15, -0.1) is 0 Å². The number of aryl methyl sites for hydroxylation is 2. The molecule has 2 atom stereocenters. The number of aromatic nitrogens is 2. The Labute approximate surface area is 135 Å². The molecular weight excluding hydrogens is 290 g/mol. The number of likely N-dealkylation sites (tertiary alicyclic amines) is 1. The third-order valence-corrected chi connectivity index (χ3v) is 5.21. The molecule has 0 N–H and O–H groups in total. The first-order valence-corrected chi connectivity index (χ1v) is 8.45. The summed E-state index contributed by atoms with van der Waals surface area (Å²) in [7, 11) is 0. The Morgan fingerprint density at radius 2 is 1.87 bits per heavy atom. The molecule has 0 radical (unpaired) electrons. The lowest BCUT2D eigenvalue weighted by Gasteiger charge is -2.28. The predicted molar refractivity (Wildman–Crippen MR) is 89.9 cm³/mol. The molecule has 2 aromatic rings. The van der Waals surface area contributed by atoms with Crippen LogP contribution < -0.4 is 5.56 Å². The maximum Gasteiger partial charge on any atom is 0.261 e. The third-order valence-electron chi connectivity index (χ3n) is 5.21. The molecule has 23 heavy (non-hydrogen) atoms. The third kappa shape index (κ3) is 2.48. The molecule has 0 saturated carbocycles. The van der Waals surface area contributed by atoms with Gasteiger partial charge in [0.05, 0.1) is 42.5 Å². The molecule has 0 unspecified atom stereocenters. The van der Waals surface area contributed by atoms with Crippen molar-refractivity contribution in [3.8, 4) is 0 Å². The summed E-state index contributed by atoms with van der Waals surface area (Å²) in [6, 6.07) is 4.39. The largest absolute Gasteiger partial charge is 0.378 e. The van der Waals surface area contributed by atoms with Crippen LogP contribution in [-0.4, -0.2) is 46.8 Å². The van der Waals surface area contributed by atoms with E-state index in [-0.39, 0.29) is 11.6 Å². The highest BCUT2D eigenvalue weighted by atomic mass is 16.5. The van der Waals surface area contributed by atoms with Crippen LogP contribution in [0.5, 0.6) is 0 Å². The number of benzene rings is 1. The van der Waals surface area contributed by atoms with Crippen LogP contribution >= 0.6 is 0 Å². The van der Waals surface area contributed by atoms with Crippen molar-refractivity contribution in [2.45, 2.75) is 38.8 Å². The molecule has 0 spiro atoms. The number of hydrogen-bond acceptors (Lipinski definition) is 4. The van der Waals surface area contributed by atoms with E-state index in [1.807, 2.05) is 19.9 Å². The summed E-state index contributed by atoms with van der Waals surface area (Å²) >= 11 is 0. The van der Waals surface area contributed by atoms with Gasteiger partial charge in [0.25, 0.3) is 5.56 Å². The first-order chi connectivity index (χ1) is 11.1. The maximum atomic E-state index is 13.0. The minimum Gasteiger partial charge on any atom is -0.378 e. The second-order valence-electron chi connectivity index (χ2n) is 6.85. The Morgan fingerprint density at radius 3 is 2.65 bits per heavy atom. The van der Waals surface area contributed by atoms with Crippen LogP contribution in [0.15, 0.2) is 23.3 Å². The van der Waals surface area contributed by atoms with Crippen molar-refractivity contribution in [1.82, 2.24) is 14.5 Å². The average Bonchev–Trinajstić information content (AvgIpc) is 3.18. The van der Waals surface area contributed by atoms with Gasteiger partial charge < -0.3 is 4.74 Å². The smallest absolute Gasteiger partial charge is 0.261 e. The lowest BCUT2D eigenvalue weighted by molar-refractivity contribution is 0.158. The van der Waals surface area contributed by atoms with E-state index in [2.05, 4.69) is 16.0 Å². The molecule has 2 aliphatic heterocycles. The zero-order valence-corrected chi connectivity index (χ0v) is 13.8. The van der Waals surface area contributed by atoms with Gasteiger partial charge in [0.2, 0.25) is 0 Å². The number of ether oxygens (including phenoxy) is 1. The Hall–Kier alpha value is -1.72. The maximum absolute atomic E-state index is 13.0.